The van der Waals surface area contributed by atoms with Crippen LogP contribution in [0.15, 0.2) is 12.2 Å². The van der Waals surface area contributed by atoms with Crippen LogP contribution in [0.2, 0.25) is 0 Å². The first-order chi connectivity index (χ1) is 12.2. The molecule has 2 N–H and O–H groups in total. The van der Waals surface area contributed by atoms with Crippen LogP contribution in [0.1, 0.15) is 40.5 Å². The fourth-order valence-corrected chi connectivity index (χ4v) is 2.13. The Kier molecular flexibility index (Phi) is 16.5. The number of aliphatic hydroxyl groups is 2. The van der Waals surface area contributed by atoms with Crippen LogP contribution in [-0.2, 0) is 23.7 Å². The van der Waals surface area contributed by atoms with Gasteiger partial charge in [0.2, 0.25) is 0 Å². The molecule has 1 fully saturated rings. The van der Waals surface area contributed by atoms with Crippen molar-refractivity contribution in [3.05, 3.63) is 12.2 Å². The van der Waals surface area contributed by atoms with E-state index in [-0.39, 0.29) is 38.0 Å². The molecule has 0 radical (unpaired) electrons. The molecule has 1 aliphatic heterocycles. The zero-order valence-electron chi connectivity index (χ0n) is 16.1. The summed E-state index contributed by atoms with van der Waals surface area (Å²) >= 11 is 0. The van der Waals surface area contributed by atoms with Crippen molar-refractivity contribution in [3.63, 3.8) is 0 Å². The Labute approximate surface area is 151 Å². The van der Waals surface area contributed by atoms with Gasteiger partial charge in [-0.25, -0.2) is 0 Å². The van der Waals surface area contributed by atoms with Gasteiger partial charge in [-0.1, -0.05) is 12.2 Å². The van der Waals surface area contributed by atoms with Gasteiger partial charge in [0.25, 0.3) is 0 Å². The topological polar surface area (TPSA) is 89.9 Å². The molecule has 0 aromatic rings. The van der Waals surface area contributed by atoms with Crippen molar-refractivity contribution in [1.82, 2.24) is 0 Å². The first kappa shape index (κ1) is 24.5. The molecule has 0 aromatic heterocycles. The van der Waals surface area contributed by atoms with Crippen molar-refractivity contribution >= 4 is 0 Å². The Hall–Kier alpha value is -0.540. The molecule has 1 heterocycles. The van der Waals surface area contributed by atoms with E-state index in [4.69, 9.17) is 33.9 Å². The number of hydrogen-bond acceptors (Lipinski definition) is 7. The van der Waals surface area contributed by atoms with Gasteiger partial charge >= 0.3 is 0 Å². The summed E-state index contributed by atoms with van der Waals surface area (Å²) in [5.74, 6) is 0. The van der Waals surface area contributed by atoms with E-state index in [1.807, 2.05) is 33.8 Å². The van der Waals surface area contributed by atoms with E-state index in [0.717, 1.165) is 0 Å². The summed E-state index contributed by atoms with van der Waals surface area (Å²) in [6.45, 7) is 10.5. The summed E-state index contributed by atoms with van der Waals surface area (Å²) in [6, 6.07) is 0. The molecule has 1 saturated heterocycles. The highest BCUT2D eigenvalue weighted by Crippen LogP contribution is 2.27. The minimum absolute atomic E-state index is 0.00316. The molecule has 0 spiro atoms. The molecule has 25 heavy (non-hydrogen) atoms. The highest BCUT2D eigenvalue weighted by molar-refractivity contribution is 4.84. The Morgan fingerprint density at radius 1 is 0.800 bits per heavy atom. The minimum atomic E-state index is -0.184. The van der Waals surface area contributed by atoms with E-state index in [0.29, 0.717) is 39.3 Å². The second-order valence-electron chi connectivity index (χ2n) is 5.20. The molecule has 0 saturated carbocycles. The maximum Gasteiger partial charge on any atom is 0.160 e. The zero-order chi connectivity index (χ0) is 18.9. The quantitative estimate of drug-likeness (QED) is 0.276. The number of hydrogen-bond donors (Lipinski definition) is 2. The molecular weight excluding hydrogens is 328 g/mol. The normalized spacial score (nSPS) is 19.5. The van der Waals surface area contributed by atoms with E-state index in [2.05, 4.69) is 0 Å². The van der Waals surface area contributed by atoms with Crippen LogP contribution in [0.5, 0.6) is 0 Å². The van der Waals surface area contributed by atoms with Gasteiger partial charge in [0.05, 0.1) is 19.3 Å². The molecule has 2 atom stereocenters. The average Bonchev–Trinajstić information content (AvgIpc) is 3.35. The highest BCUT2D eigenvalue weighted by Gasteiger charge is 2.40. The monoisotopic (exact) mass is 364 g/mol. The van der Waals surface area contributed by atoms with E-state index < -0.39 is 0 Å². The van der Waals surface area contributed by atoms with E-state index in [9.17, 15) is 0 Å². The lowest BCUT2D eigenvalue weighted by Crippen LogP contribution is -2.20. The lowest BCUT2D eigenvalue weighted by atomic mass is 10.2. The van der Waals surface area contributed by atoms with Crippen LogP contribution < -0.4 is 0 Å². The standard InChI is InChI=1S/C9H18O4.C9H18O3/c1-3-11-9(12-4-2)5-7-8(6-10)13-7;1-3-11-9(12-4-2)7-5-6-8-10/h7-10H,3-6H2,1-2H3;5-6,9-10H,3-4,7-8H2,1-2H3/b;6-5+. The van der Waals surface area contributed by atoms with Gasteiger partial charge in [0.1, 0.15) is 6.10 Å². The predicted molar refractivity (Wildman–Crippen MR) is 95.3 cm³/mol. The van der Waals surface area contributed by atoms with Crippen LogP contribution in [-0.4, -0.2) is 74.6 Å². The van der Waals surface area contributed by atoms with Crippen molar-refractivity contribution in [1.29, 1.82) is 0 Å². The Balaban J connectivity index is 0.000000463. The van der Waals surface area contributed by atoms with Crippen LogP contribution >= 0.6 is 0 Å². The SMILES string of the molecule is CCOC(C/C=C/CO)OCC.CCOC(CC1OC1CO)OCC. The zero-order valence-corrected chi connectivity index (χ0v) is 16.1. The molecule has 0 aliphatic carbocycles. The average molecular weight is 364 g/mol. The highest BCUT2D eigenvalue weighted by atomic mass is 16.7. The van der Waals surface area contributed by atoms with E-state index in [1.165, 1.54) is 0 Å². The second-order valence-corrected chi connectivity index (χ2v) is 5.20. The number of aliphatic hydroxyl groups excluding tert-OH is 2. The summed E-state index contributed by atoms with van der Waals surface area (Å²) in [6.07, 6.45) is 4.73. The van der Waals surface area contributed by atoms with Gasteiger partial charge in [-0.3, -0.25) is 0 Å². The lowest BCUT2D eigenvalue weighted by Gasteiger charge is -2.15. The first-order valence-electron chi connectivity index (χ1n) is 9.15. The minimum Gasteiger partial charge on any atom is -0.394 e. The molecule has 2 unspecified atom stereocenters. The molecule has 7 nitrogen and oxygen atoms in total. The maximum absolute atomic E-state index is 8.74. The van der Waals surface area contributed by atoms with Crippen molar-refractivity contribution < 1.29 is 33.9 Å². The Bertz CT molecular complexity index is 300. The van der Waals surface area contributed by atoms with Gasteiger partial charge in [0, 0.05) is 39.3 Å². The summed E-state index contributed by atoms with van der Waals surface area (Å²) in [5.41, 5.74) is 0. The van der Waals surface area contributed by atoms with Gasteiger partial charge in [-0.05, 0) is 27.7 Å². The van der Waals surface area contributed by atoms with Crippen LogP contribution in [0.4, 0.5) is 0 Å². The smallest absolute Gasteiger partial charge is 0.160 e. The lowest BCUT2D eigenvalue weighted by molar-refractivity contribution is -0.141. The fourth-order valence-electron chi connectivity index (χ4n) is 2.13. The summed E-state index contributed by atoms with van der Waals surface area (Å²) < 4.78 is 26.4. The Morgan fingerprint density at radius 2 is 1.32 bits per heavy atom. The van der Waals surface area contributed by atoms with Crippen molar-refractivity contribution in [3.8, 4) is 0 Å². The molecule has 1 aliphatic rings. The van der Waals surface area contributed by atoms with Crippen molar-refractivity contribution in [2.75, 3.05) is 39.6 Å². The van der Waals surface area contributed by atoms with E-state index >= 15 is 0 Å². The first-order valence-corrected chi connectivity index (χ1v) is 9.15. The third-order valence-electron chi connectivity index (χ3n) is 3.30. The molecule has 7 heteroatoms. The molecular formula is C18H36O7. The van der Waals surface area contributed by atoms with Crippen LogP contribution in [0.25, 0.3) is 0 Å². The van der Waals surface area contributed by atoms with Gasteiger partial charge in [-0.15, -0.1) is 0 Å². The van der Waals surface area contributed by atoms with Crippen molar-refractivity contribution in [2.24, 2.45) is 0 Å². The maximum atomic E-state index is 8.74. The predicted octanol–water partition coefficient (Wildman–Crippen LogP) is 1.86. The summed E-state index contributed by atoms with van der Waals surface area (Å²) in [4.78, 5) is 0. The largest absolute Gasteiger partial charge is 0.394 e. The molecule has 1 rings (SSSR count). The number of rotatable bonds is 14. The molecule has 150 valence electrons. The summed E-state index contributed by atoms with van der Waals surface area (Å²) in [5, 5.41) is 17.2. The fraction of sp³-hybridized carbons (Fsp3) is 0.889. The van der Waals surface area contributed by atoms with Crippen LogP contribution in [0, 0.1) is 0 Å². The Morgan fingerprint density at radius 3 is 1.72 bits per heavy atom. The van der Waals surface area contributed by atoms with Gasteiger partial charge in [-0.2, -0.15) is 0 Å². The molecule has 0 aromatic carbocycles. The summed E-state index contributed by atoms with van der Waals surface area (Å²) in [7, 11) is 0. The van der Waals surface area contributed by atoms with Crippen LogP contribution in [0.3, 0.4) is 0 Å². The van der Waals surface area contributed by atoms with Gasteiger partial charge < -0.3 is 33.9 Å². The molecule has 0 bridgehead atoms. The third kappa shape index (κ3) is 13.3. The third-order valence-corrected chi connectivity index (χ3v) is 3.30. The second kappa shape index (κ2) is 16.9. The van der Waals surface area contributed by atoms with E-state index in [1.54, 1.807) is 6.08 Å². The van der Waals surface area contributed by atoms with Crippen molar-refractivity contribution in [2.45, 2.75) is 65.3 Å². The molecule has 0 amide bonds. The number of ether oxygens (including phenoxy) is 5. The number of epoxide rings is 1. The van der Waals surface area contributed by atoms with Gasteiger partial charge in [0.15, 0.2) is 12.6 Å².